The third kappa shape index (κ3) is 2.87. The molecule has 0 amide bonds. The second kappa shape index (κ2) is 5.17. The van der Waals surface area contributed by atoms with Crippen molar-refractivity contribution in [3.63, 3.8) is 0 Å². The Balaban J connectivity index is 1.56. The maximum Gasteiger partial charge on any atom is 0.0645 e. The van der Waals surface area contributed by atoms with E-state index in [-0.39, 0.29) is 0 Å². The summed E-state index contributed by atoms with van der Waals surface area (Å²) in [6.07, 6.45) is 8.17. The molecule has 3 nitrogen and oxygen atoms in total. The van der Waals surface area contributed by atoms with Crippen LogP contribution in [0.5, 0.6) is 0 Å². The van der Waals surface area contributed by atoms with E-state index >= 15 is 0 Å². The maximum atomic E-state index is 4.41. The summed E-state index contributed by atoms with van der Waals surface area (Å²) in [7, 11) is 0. The van der Waals surface area contributed by atoms with Crippen molar-refractivity contribution in [1.82, 2.24) is 15.1 Å². The number of hydrogen-bond acceptors (Lipinski definition) is 2. The summed E-state index contributed by atoms with van der Waals surface area (Å²) in [5, 5.41) is 7.97. The molecule has 0 unspecified atom stereocenters. The van der Waals surface area contributed by atoms with E-state index in [1.807, 2.05) is 29.1 Å². The molecular formula is C16H21N3. The molecule has 0 saturated heterocycles. The minimum absolute atomic E-state index is 0.537. The zero-order valence-corrected chi connectivity index (χ0v) is 11.5. The van der Waals surface area contributed by atoms with Gasteiger partial charge in [0.1, 0.15) is 0 Å². The van der Waals surface area contributed by atoms with E-state index in [1.54, 1.807) is 0 Å². The third-order valence-corrected chi connectivity index (χ3v) is 4.10. The normalized spacial score (nSPS) is 17.1. The summed E-state index contributed by atoms with van der Waals surface area (Å²) < 4.78 is 1.93. The SMILES string of the molecule is CC1(CNCc2cnn(-c3ccccc3)c2)CCC1. The second-order valence-corrected chi connectivity index (χ2v) is 5.90. The molecule has 1 saturated carbocycles. The topological polar surface area (TPSA) is 29.9 Å². The van der Waals surface area contributed by atoms with Gasteiger partial charge in [0, 0.05) is 24.8 Å². The summed E-state index contributed by atoms with van der Waals surface area (Å²) in [4.78, 5) is 0. The fourth-order valence-electron chi connectivity index (χ4n) is 2.64. The minimum atomic E-state index is 0.537. The van der Waals surface area contributed by atoms with Crippen molar-refractivity contribution in [1.29, 1.82) is 0 Å². The first-order valence-corrected chi connectivity index (χ1v) is 7.05. The number of rotatable bonds is 5. The van der Waals surface area contributed by atoms with Crippen molar-refractivity contribution >= 4 is 0 Å². The Hall–Kier alpha value is -1.61. The molecule has 0 spiro atoms. The predicted molar refractivity (Wildman–Crippen MR) is 77.2 cm³/mol. The third-order valence-electron chi connectivity index (χ3n) is 4.10. The van der Waals surface area contributed by atoms with E-state index in [1.165, 1.54) is 24.8 Å². The van der Waals surface area contributed by atoms with Gasteiger partial charge < -0.3 is 5.32 Å². The number of para-hydroxylation sites is 1. The van der Waals surface area contributed by atoms with Crippen LogP contribution in [0.2, 0.25) is 0 Å². The minimum Gasteiger partial charge on any atom is -0.312 e. The van der Waals surface area contributed by atoms with E-state index < -0.39 is 0 Å². The van der Waals surface area contributed by atoms with Crippen LogP contribution in [-0.2, 0) is 6.54 Å². The van der Waals surface area contributed by atoms with Crippen LogP contribution in [-0.4, -0.2) is 16.3 Å². The quantitative estimate of drug-likeness (QED) is 0.889. The number of hydrogen-bond donors (Lipinski definition) is 1. The zero-order valence-electron chi connectivity index (χ0n) is 11.5. The summed E-state index contributed by atoms with van der Waals surface area (Å²) in [6.45, 7) is 4.39. The smallest absolute Gasteiger partial charge is 0.0645 e. The highest BCUT2D eigenvalue weighted by molar-refractivity contribution is 5.30. The molecule has 1 aromatic heterocycles. The van der Waals surface area contributed by atoms with Crippen LogP contribution in [0.1, 0.15) is 31.7 Å². The zero-order chi connectivity index (χ0) is 13.1. The number of nitrogens with one attached hydrogen (secondary N) is 1. The van der Waals surface area contributed by atoms with E-state index in [4.69, 9.17) is 0 Å². The molecule has 0 bridgehead atoms. The highest BCUT2D eigenvalue weighted by Crippen LogP contribution is 2.39. The summed E-state index contributed by atoms with van der Waals surface area (Å²) in [6, 6.07) is 10.2. The molecule has 1 aromatic carbocycles. The Morgan fingerprint density at radius 1 is 1.26 bits per heavy atom. The van der Waals surface area contributed by atoms with Crippen LogP contribution in [0.3, 0.4) is 0 Å². The first-order chi connectivity index (χ1) is 9.25. The van der Waals surface area contributed by atoms with Crippen molar-refractivity contribution in [2.45, 2.75) is 32.7 Å². The molecular weight excluding hydrogens is 234 g/mol. The number of nitrogens with zero attached hydrogens (tertiary/aromatic N) is 2. The molecule has 0 aliphatic heterocycles. The molecule has 1 fully saturated rings. The molecule has 1 aliphatic carbocycles. The van der Waals surface area contributed by atoms with Crippen LogP contribution >= 0.6 is 0 Å². The fourth-order valence-corrected chi connectivity index (χ4v) is 2.64. The molecule has 0 radical (unpaired) electrons. The van der Waals surface area contributed by atoms with Crippen molar-refractivity contribution in [3.8, 4) is 5.69 Å². The van der Waals surface area contributed by atoms with Crippen molar-refractivity contribution in [2.75, 3.05) is 6.54 Å². The monoisotopic (exact) mass is 255 g/mol. The van der Waals surface area contributed by atoms with Gasteiger partial charge in [0.25, 0.3) is 0 Å². The molecule has 3 rings (SSSR count). The van der Waals surface area contributed by atoms with Gasteiger partial charge in [-0.05, 0) is 30.4 Å². The average molecular weight is 255 g/mol. The molecule has 19 heavy (non-hydrogen) atoms. The Kier molecular flexibility index (Phi) is 3.38. The summed E-state index contributed by atoms with van der Waals surface area (Å²) >= 11 is 0. The molecule has 1 heterocycles. The lowest BCUT2D eigenvalue weighted by Gasteiger charge is -2.38. The average Bonchev–Trinajstić information content (AvgIpc) is 2.87. The highest BCUT2D eigenvalue weighted by atomic mass is 15.3. The van der Waals surface area contributed by atoms with Gasteiger partial charge >= 0.3 is 0 Å². The van der Waals surface area contributed by atoms with Gasteiger partial charge in [-0.3, -0.25) is 0 Å². The molecule has 1 aliphatic rings. The van der Waals surface area contributed by atoms with Gasteiger partial charge in [0.2, 0.25) is 0 Å². The van der Waals surface area contributed by atoms with Gasteiger partial charge in [-0.2, -0.15) is 5.10 Å². The summed E-state index contributed by atoms with van der Waals surface area (Å²) in [5.74, 6) is 0. The van der Waals surface area contributed by atoms with Crippen molar-refractivity contribution in [2.24, 2.45) is 5.41 Å². The first kappa shape index (κ1) is 12.4. The lowest BCUT2D eigenvalue weighted by atomic mass is 9.70. The molecule has 2 aromatic rings. The fraction of sp³-hybridized carbons (Fsp3) is 0.438. The van der Waals surface area contributed by atoms with Crippen molar-refractivity contribution in [3.05, 3.63) is 48.3 Å². The van der Waals surface area contributed by atoms with Gasteiger partial charge in [0.15, 0.2) is 0 Å². The number of benzene rings is 1. The summed E-state index contributed by atoms with van der Waals surface area (Å²) in [5.41, 5.74) is 2.89. The van der Waals surface area contributed by atoms with Crippen molar-refractivity contribution < 1.29 is 0 Å². The maximum absolute atomic E-state index is 4.41. The standard InChI is InChI=1S/C16H21N3/c1-16(8-5-9-16)13-17-10-14-11-18-19(12-14)15-6-3-2-4-7-15/h2-4,6-7,11-12,17H,5,8-10,13H2,1H3. The first-order valence-electron chi connectivity index (χ1n) is 7.05. The van der Waals surface area contributed by atoms with Crippen LogP contribution in [0.4, 0.5) is 0 Å². The molecule has 100 valence electrons. The van der Waals surface area contributed by atoms with E-state index in [0.29, 0.717) is 5.41 Å². The Morgan fingerprint density at radius 3 is 2.74 bits per heavy atom. The highest BCUT2D eigenvalue weighted by Gasteiger charge is 2.30. The van der Waals surface area contributed by atoms with Crippen LogP contribution in [0.25, 0.3) is 5.69 Å². The van der Waals surface area contributed by atoms with Gasteiger partial charge in [-0.25, -0.2) is 4.68 Å². The Bertz CT molecular complexity index is 526. The van der Waals surface area contributed by atoms with E-state index in [2.05, 4.69) is 35.7 Å². The van der Waals surface area contributed by atoms with E-state index in [0.717, 1.165) is 18.8 Å². The van der Waals surface area contributed by atoms with Crippen LogP contribution < -0.4 is 5.32 Å². The largest absolute Gasteiger partial charge is 0.312 e. The van der Waals surface area contributed by atoms with E-state index in [9.17, 15) is 0 Å². The molecule has 1 N–H and O–H groups in total. The number of aromatic nitrogens is 2. The molecule has 3 heteroatoms. The predicted octanol–water partition coefficient (Wildman–Crippen LogP) is 3.15. The van der Waals surface area contributed by atoms with Crippen LogP contribution in [0.15, 0.2) is 42.7 Å². The van der Waals surface area contributed by atoms with Gasteiger partial charge in [0.05, 0.1) is 11.9 Å². The Labute approximate surface area is 114 Å². The van der Waals surface area contributed by atoms with Gasteiger partial charge in [-0.1, -0.05) is 31.5 Å². The Morgan fingerprint density at radius 2 is 2.05 bits per heavy atom. The molecule has 0 atom stereocenters. The van der Waals surface area contributed by atoms with Gasteiger partial charge in [-0.15, -0.1) is 0 Å². The lowest BCUT2D eigenvalue weighted by Crippen LogP contribution is -2.36. The second-order valence-electron chi connectivity index (χ2n) is 5.90. The lowest BCUT2D eigenvalue weighted by molar-refractivity contribution is 0.156. The van der Waals surface area contributed by atoms with Crippen LogP contribution in [0, 0.1) is 5.41 Å².